The zero-order chi connectivity index (χ0) is 13.5. The third-order valence-corrected chi connectivity index (χ3v) is 7.75. The highest BCUT2D eigenvalue weighted by atomic mass is 32.2. The van der Waals surface area contributed by atoms with Crippen LogP contribution in [0.2, 0.25) is 0 Å². The Labute approximate surface area is 117 Å². The van der Waals surface area contributed by atoms with Crippen molar-refractivity contribution in [3.05, 3.63) is 0 Å². The lowest BCUT2D eigenvalue weighted by molar-refractivity contribution is 0.277. The molecule has 4 unspecified atom stereocenters. The largest absolute Gasteiger partial charge is 0.315 e. The summed E-state index contributed by atoms with van der Waals surface area (Å²) in [5, 5.41) is 3.01. The molecule has 1 N–H and O–H groups in total. The minimum atomic E-state index is -3.10. The maximum Gasteiger partial charge on any atom is 0.217 e. The average molecular weight is 286 g/mol. The van der Waals surface area contributed by atoms with Gasteiger partial charge in [0, 0.05) is 20.1 Å². The highest BCUT2D eigenvalue weighted by Gasteiger charge is 2.41. The smallest absolute Gasteiger partial charge is 0.217 e. The topological polar surface area (TPSA) is 49.4 Å². The van der Waals surface area contributed by atoms with Crippen LogP contribution >= 0.6 is 0 Å². The summed E-state index contributed by atoms with van der Waals surface area (Å²) in [6.07, 6.45) is 7.11. The van der Waals surface area contributed by atoms with Crippen LogP contribution < -0.4 is 5.32 Å². The number of fused-ring (bicyclic) bond motifs is 2. The summed E-state index contributed by atoms with van der Waals surface area (Å²) in [6.45, 7) is 2.34. The highest BCUT2D eigenvalue weighted by molar-refractivity contribution is 7.89. The van der Waals surface area contributed by atoms with Gasteiger partial charge in [-0.2, -0.15) is 0 Å². The summed E-state index contributed by atoms with van der Waals surface area (Å²) in [5.74, 6) is 2.31. The molecule has 2 aliphatic carbocycles. The second-order valence-corrected chi connectivity index (χ2v) is 9.05. The number of sulfonamides is 1. The van der Waals surface area contributed by atoms with E-state index in [9.17, 15) is 8.42 Å². The average Bonchev–Trinajstić information content (AvgIpc) is 3.02. The number of piperidine rings is 1. The van der Waals surface area contributed by atoms with Gasteiger partial charge in [0.05, 0.1) is 5.25 Å². The van der Waals surface area contributed by atoms with Crippen molar-refractivity contribution in [2.45, 2.75) is 43.8 Å². The van der Waals surface area contributed by atoms with Crippen LogP contribution in [0.3, 0.4) is 0 Å². The number of rotatable bonds is 4. The van der Waals surface area contributed by atoms with Crippen LogP contribution in [-0.2, 0) is 10.0 Å². The van der Waals surface area contributed by atoms with E-state index in [0.717, 1.165) is 37.8 Å². The number of hydrogen-bond donors (Lipinski definition) is 1. The summed E-state index contributed by atoms with van der Waals surface area (Å²) in [6, 6.07) is 0. The maximum absolute atomic E-state index is 12.6. The van der Waals surface area contributed by atoms with Crippen molar-refractivity contribution in [3.63, 3.8) is 0 Å². The van der Waals surface area contributed by atoms with Crippen molar-refractivity contribution >= 4 is 10.0 Å². The molecule has 5 heteroatoms. The molecule has 2 saturated carbocycles. The fourth-order valence-electron chi connectivity index (χ4n) is 4.36. The lowest BCUT2D eigenvalue weighted by atomic mass is 9.89. The third kappa shape index (κ3) is 2.69. The first-order valence-corrected chi connectivity index (χ1v) is 9.23. The molecular weight excluding hydrogens is 260 g/mol. The first kappa shape index (κ1) is 13.8. The molecule has 0 amide bonds. The van der Waals surface area contributed by atoms with Crippen molar-refractivity contribution in [1.29, 1.82) is 0 Å². The van der Waals surface area contributed by atoms with Gasteiger partial charge in [-0.1, -0.05) is 6.42 Å². The first-order chi connectivity index (χ1) is 9.07. The summed E-state index contributed by atoms with van der Waals surface area (Å²) >= 11 is 0. The Morgan fingerprint density at radius 2 is 2.05 bits per heavy atom. The molecule has 3 rings (SSSR count). The van der Waals surface area contributed by atoms with E-state index in [1.165, 1.54) is 25.7 Å². The van der Waals surface area contributed by atoms with Crippen LogP contribution in [-0.4, -0.2) is 44.7 Å². The molecule has 0 aromatic carbocycles. The van der Waals surface area contributed by atoms with Crippen LogP contribution in [0, 0.1) is 17.8 Å². The van der Waals surface area contributed by atoms with Crippen molar-refractivity contribution in [1.82, 2.24) is 9.62 Å². The Morgan fingerprint density at radius 1 is 1.21 bits per heavy atom. The maximum atomic E-state index is 12.6. The Kier molecular flexibility index (Phi) is 3.89. The van der Waals surface area contributed by atoms with Crippen molar-refractivity contribution in [2.24, 2.45) is 17.8 Å². The van der Waals surface area contributed by atoms with Crippen LogP contribution in [0.5, 0.6) is 0 Å². The van der Waals surface area contributed by atoms with Gasteiger partial charge in [0.1, 0.15) is 0 Å². The van der Waals surface area contributed by atoms with E-state index in [4.69, 9.17) is 0 Å². The van der Waals surface area contributed by atoms with Crippen LogP contribution in [0.15, 0.2) is 0 Å². The summed E-state index contributed by atoms with van der Waals surface area (Å²) < 4.78 is 26.8. The lowest BCUT2D eigenvalue weighted by Gasteiger charge is -2.31. The van der Waals surface area contributed by atoms with Gasteiger partial charge in [0.25, 0.3) is 0 Å². The van der Waals surface area contributed by atoms with E-state index in [-0.39, 0.29) is 5.25 Å². The van der Waals surface area contributed by atoms with E-state index in [0.29, 0.717) is 12.5 Å². The first-order valence-electron chi connectivity index (χ1n) is 7.73. The Bertz CT molecular complexity index is 417. The van der Waals surface area contributed by atoms with E-state index < -0.39 is 10.0 Å². The second-order valence-electron chi connectivity index (χ2n) is 6.73. The normalized spacial score (nSPS) is 39.1. The zero-order valence-corrected chi connectivity index (χ0v) is 12.7. The van der Waals surface area contributed by atoms with Crippen LogP contribution in [0.25, 0.3) is 0 Å². The molecule has 0 aromatic rings. The van der Waals surface area contributed by atoms with Crippen LogP contribution in [0.4, 0.5) is 0 Å². The van der Waals surface area contributed by atoms with Crippen LogP contribution in [0.1, 0.15) is 38.5 Å². The molecule has 1 aliphatic heterocycles. The fraction of sp³-hybridized carbons (Fsp3) is 1.00. The predicted octanol–water partition coefficient (Wildman–Crippen LogP) is 1.44. The van der Waals surface area contributed by atoms with Gasteiger partial charge in [0.15, 0.2) is 0 Å². The number of nitrogens with zero attached hydrogens (tertiary/aromatic N) is 1. The Morgan fingerprint density at radius 3 is 2.63 bits per heavy atom. The number of hydrogen-bond acceptors (Lipinski definition) is 3. The molecule has 0 spiro atoms. The molecular formula is C14H26N2O2S. The van der Waals surface area contributed by atoms with Crippen molar-refractivity contribution in [3.8, 4) is 0 Å². The van der Waals surface area contributed by atoms with E-state index >= 15 is 0 Å². The third-order valence-electron chi connectivity index (χ3n) is 5.48. The molecule has 4 nitrogen and oxygen atoms in total. The van der Waals surface area contributed by atoms with Gasteiger partial charge in [-0.15, -0.1) is 0 Å². The molecule has 3 fully saturated rings. The van der Waals surface area contributed by atoms with Gasteiger partial charge < -0.3 is 5.32 Å². The van der Waals surface area contributed by atoms with Gasteiger partial charge in [0.2, 0.25) is 10.0 Å². The molecule has 1 heterocycles. The van der Waals surface area contributed by atoms with Gasteiger partial charge in [-0.25, -0.2) is 12.7 Å². The van der Waals surface area contributed by atoms with Gasteiger partial charge >= 0.3 is 0 Å². The van der Waals surface area contributed by atoms with Crippen molar-refractivity contribution in [2.75, 3.05) is 26.7 Å². The summed E-state index contributed by atoms with van der Waals surface area (Å²) in [7, 11) is -1.31. The predicted molar refractivity (Wildman–Crippen MR) is 76.4 cm³/mol. The van der Waals surface area contributed by atoms with Crippen molar-refractivity contribution < 1.29 is 8.42 Å². The Balaban J connectivity index is 1.61. The molecule has 19 heavy (non-hydrogen) atoms. The monoisotopic (exact) mass is 286 g/mol. The lowest BCUT2D eigenvalue weighted by Crippen LogP contribution is -2.46. The van der Waals surface area contributed by atoms with E-state index in [1.807, 2.05) is 0 Å². The molecule has 0 aromatic heterocycles. The standard InChI is InChI=1S/C14H26N2O2S/c1-16(10-13-8-11-4-5-12(13)7-11)19(17,18)14-3-2-6-15-9-14/h11-15H,2-10H2,1H3. The highest BCUT2D eigenvalue weighted by Crippen LogP contribution is 2.48. The second kappa shape index (κ2) is 5.34. The fourth-order valence-corrected chi connectivity index (χ4v) is 6.06. The molecule has 0 radical (unpaired) electrons. The SMILES string of the molecule is CN(CC1CC2CCC1C2)S(=O)(=O)C1CCCNC1. The molecule has 110 valence electrons. The molecule has 1 saturated heterocycles. The minimum Gasteiger partial charge on any atom is -0.315 e. The molecule has 2 bridgehead atoms. The van der Waals surface area contributed by atoms with E-state index in [1.54, 1.807) is 11.4 Å². The van der Waals surface area contributed by atoms with Gasteiger partial charge in [-0.05, 0) is 56.4 Å². The summed E-state index contributed by atoms with van der Waals surface area (Å²) in [4.78, 5) is 0. The Hall–Kier alpha value is -0.130. The van der Waals surface area contributed by atoms with E-state index in [2.05, 4.69) is 5.32 Å². The quantitative estimate of drug-likeness (QED) is 0.851. The minimum absolute atomic E-state index is 0.204. The zero-order valence-electron chi connectivity index (χ0n) is 11.8. The molecule has 4 atom stereocenters. The number of nitrogens with one attached hydrogen (secondary N) is 1. The summed E-state index contributed by atoms with van der Waals surface area (Å²) in [5.41, 5.74) is 0. The van der Waals surface area contributed by atoms with Gasteiger partial charge in [-0.3, -0.25) is 0 Å². The molecule has 3 aliphatic rings.